The Morgan fingerprint density at radius 2 is 2.04 bits per heavy atom. The average molecular weight is 376 g/mol. The number of thioether (sulfide) groups is 1. The van der Waals surface area contributed by atoms with E-state index in [0.717, 1.165) is 20.1 Å². The summed E-state index contributed by atoms with van der Waals surface area (Å²) in [5.41, 5.74) is 4.25. The Morgan fingerprint density at radius 1 is 1.29 bits per heavy atom. The quantitative estimate of drug-likeness (QED) is 0.403. The van der Waals surface area contributed by atoms with Crippen molar-refractivity contribution in [3.63, 3.8) is 0 Å². The average Bonchev–Trinajstić information content (AvgIpc) is 2.98. The maximum atomic E-state index is 12.1. The van der Waals surface area contributed by atoms with Crippen LogP contribution in [0.4, 0.5) is 0 Å². The van der Waals surface area contributed by atoms with Gasteiger partial charge in [0.1, 0.15) is 0 Å². The van der Waals surface area contributed by atoms with Crippen LogP contribution in [0.15, 0.2) is 58.0 Å². The number of hydrogen-bond acceptors (Lipinski definition) is 5. The van der Waals surface area contributed by atoms with E-state index >= 15 is 0 Å². The molecule has 4 nitrogen and oxygen atoms in total. The van der Waals surface area contributed by atoms with E-state index in [1.807, 2.05) is 49.4 Å². The first-order chi connectivity index (χ1) is 11.6. The zero-order valence-electron chi connectivity index (χ0n) is 12.8. The first-order valence-corrected chi connectivity index (χ1v) is 9.30. The third-order valence-electron chi connectivity index (χ3n) is 3.20. The van der Waals surface area contributed by atoms with Gasteiger partial charge in [-0.1, -0.05) is 53.7 Å². The van der Waals surface area contributed by atoms with E-state index < -0.39 is 0 Å². The van der Waals surface area contributed by atoms with Crippen molar-refractivity contribution in [3.05, 3.63) is 59.1 Å². The smallest absolute Gasteiger partial charge is 0.253 e. The number of halogens is 1. The van der Waals surface area contributed by atoms with Crippen molar-refractivity contribution < 1.29 is 4.79 Å². The first-order valence-electron chi connectivity index (χ1n) is 7.23. The molecule has 0 fully saturated rings. The summed E-state index contributed by atoms with van der Waals surface area (Å²) in [5.74, 6) is -0.178. The fourth-order valence-corrected chi connectivity index (χ4v) is 4.33. The van der Waals surface area contributed by atoms with E-state index in [1.54, 1.807) is 17.4 Å². The second kappa shape index (κ2) is 7.79. The molecule has 1 amide bonds. The molecular weight excluding hydrogens is 362 g/mol. The third-order valence-corrected chi connectivity index (χ3v) is 5.78. The van der Waals surface area contributed by atoms with Crippen molar-refractivity contribution >= 4 is 57.0 Å². The lowest BCUT2D eigenvalue weighted by Crippen LogP contribution is -2.26. The number of carbonyl (C=O) groups is 1. The van der Waals surface area contributed by atoms with E-state index in [4.69, 9.17) is 11.6 Å². The standard InChI is InChI=1S/C17H14ClN3OS2/c1-11(23-17-20-14-8-4-5-9-15(14)24-17)16(22)21-19-10-12-6-2-3-7-13(12)18/h2-11H,1H3,(H,21,22)/b19-10-/t11-/m1/s1. The first kappa shape index (κ1) is 17.0. The van der Waals surface area contributed by atoms with Crippen LogP contribution in [-0.4, -0.2) is 22.4 Å². The summed E-state index contributed by atoms with van der Waals surface area (Å²) in [7, 11) is 0. The highest BCUT2D eigenvalue weighted by Gasteiger charge is 2.16. The molecule has 2 aromatic carbocycles. The van der Waals surface area contributed by atoms with Crippen LogP contribution in [0.25, 0.3) is 10.2 Å². The highest BCUT2D eigenvalue weighted by atomic mass is 35.5. The van der Waals surface area contributed by atoms with Gasteiger partial charge in [-0.2, -0.15) is 5.10 Å². The SMILES string of the molecule is C[C@@H](Sc1nc2ccccc2s1)C(=O)N/N=C\c1ccccc1Cl. The zero-order chi connectivity index (χ0) is 16.9. The molecule has 1 atom stereocenters. The lowest BCUT2D eigenvalue weighted by Gasteiger charge is -2.06. The Kier molecular flexibility index (Phi) is 5.50. The van der Waals surface area contributed by atoms with Gasteiger partial charge in [0.15, 0.2) is 4.34 Å². The monoisotopic (exact) mass is 375 g/mol. The minimum atomic E-state index is -0.297. The van der Waals surface area contributed by atoms with E-state index in [9.17, 15) is 4.79 Å². The maximum absolute atomic E-state index is 12.1. The van der Waals surface area contributed by atoms with Gasteiger partial charge in [0.2, 0.25) is 0 Å². The predicted octanol–water partition coefficient (Wildman–Crippen LogP) is 4.58. The van der Waals surface area contributed by atoms with Gasteiger partial charge in [-0.05, 0) is 25.1 Å². The zero-order valence-corrected chi connectivity index (χ0v) is 15.2. The second-order valence-corrected chi connectivity index (χ2v) is 7.99. The topological polar surface area (TPSA) is 54.4 Å². The number of thiazole rings is 1. The van der Waals surface area contributed by atoms with Crippen molar-refractivity contribution in [2.24, 2.45) is 5.10 Å². The third kappa shape index (κ3) is 4.14. The molecule has 0 bridgehead atoms. The van der Waals surface area contributed by atoms with Crippen LogP contribution in [0.3, 0.4) is 0 Å². The van der Waals surface area contributed by atoms with Crippen molar-refractivity contribution in [1.29, 1.82) is 0 Å². The van der Waals surface area contributed by atoms with E-state index in [-0.39, 0.29) is 11.2 Å². The van der Waals surface area contributed by atoms with Crippen LogP contribution < -0.4 is 5.43 Å². The molecule has 1 aromatic heterocycles. The Hall–Kier alpha value is -1.89. The molecular formula is C17H14ClN3OS2. The highest BCUT2D eigenvalue weighted by molar-refractivity contribution is 8.02. The molecule has 0 spiro atoms. The number of hydrogen-bond donors (Lipinski definition) is 1. The lowest BCUT2D eigenvalue weighted by atomic mass is 10.2. The number of amides is 1. The molecule has 3 aromatic rings. The van der Waals surface area contributed by atoms with Crippen LogP contribution in [-0.2, 0) is 4.79 Å². The Bertz CT molecular complexity index is 861. The Morgan fingerprint density at radius 3 is 2.83 bits per heavy atom. The van der Waals surface area contributed by atoms with E-state index in [2.05, 4.69) is 15.5 Å². The normalized spacial score (nSPS) is 12.6. The molecule has 0 aliphatic carbocycles. The number of nitrogens with zero attached hydrogens (tertiary/aromatic N) is 2. The van der Waals surface area contributed by atoms with Gasteiger partial charge in [-0.25, -0.2) is 10.4 Å². The number of fused-ring (bicyclic) bond motifs is 1. The van der Waals surface area contributed by atoms with E-state index in [0.29, 0.717) is 5.02 Å². The number of para-hydroxylation sites is 1. The number of aromatic nitrogens is 1. The Labute approximate surface area is 152 Å². The highest BCUT2D eigenvalue weighted by Crippen LogP contribution is 2.31. The molecule has 122 valence electrons. The van der Waals surface area contributed by atoms with Gasteiger partial charge < -0.3 is 0 Å². The van der Waals surface area contributed by atoms with Crippen LogP contribution in [0.2, 0.25) is 5.02 Å². The molecule has 3 rings (SSSR count). The van der Waals surface area contributed by atoms with Gasteiger partial charge in [0, 0.05) is 10.6 Å². The van der Waals surface area contributed by atoms with Crippen LogP contribution in [0, 0.1) is 0 Å². The Balaban J connectivity index is 1.59. The number of benzene rings is 2. The largest absolute Gasteiger partial charge is 0.272 e. The predicted molar refractivity (Wildman–Crippen MR) is 102 cm³/mol. The van der Waals surface area contributed by atoms with Crippen molar-refractivity contribution in [3.8, 4) is 0 Å². The second-order valence-electron chi connectivity index (χ2n) is 4.96. The lowest BCUT2D eigenvalue weighted by molar-refractivity contribution is -0.120. The summed E-state index contributed by atoms with van der Waals surface area (Å²) in [6, 6.07) is 15.2. The van der Waals surface area contributed by atoms with Gasteiger partial charge >= 0.3 is 0 Å². The number of carbonyl (C=O) groups excluding carboxylic acids is 1. The molecule has 0 aliphatic rings. The minimum absolute atomic E-state index is 0.178. The van der Waals surface area contributed by atoms with Crippen LogP contribution >= 0.6 is 34.7 Å². The van der Waals surface area contributed by atoms with Crippen molar-refractivity contribution in [2.75, 3.05) is 0 Å². The van der Waals surface area contributed by atoms with Gasteiger partial charge in [0.25, 0.3) is 5.91 Å². The fraction of sp³-hybridized carbons (Fsp3) is 0.118. The van der Waals surface area contributed by atoms with Gasteiger partial charge in [0.05, 0.1) is 21.7 Å². The molecule has 0 aliphatic heterocycles. The molecule has 0 saturated carbocycles. The molecule has 24 heavy (non-hydrogen) atoms. The molecule has 0 saturated heterocycles. The number of rotatable bonds is 5. The van der Waals surface area contributed by atoms with Crippen molar-refractivity contribution in [1.82, 2.24) is 10.4 Å². The van der Waals surface area contributed by atoms with Crippen LogP contribution in [0.5, 0.6) is 0 Å². The fourth-order valence-electron chi connectivity index (χ4n) is 1.94. The maximum Gasteiger partial charge on any atom is 0.253 e. The van der Waals surface area contributed by atoms with Crippen LogP contribution in [0.1, 0.15) is 12.5 Å². The number of hydrazone groups is 1. The molecule has 1 N–H and O–H groups in total. The summed E-state index contributed by atoms with van der Waals surface area (Å²) < 4.78 is 1.98. The minimum Gasteiger partial charge on any atom is -0.272 e. The van der Waals surface area contributed by atoms with Gasteiger partial charge in [-0.15, -0.1) is 11.3 Å². The van der Waals surface area contributed by atoms with E-state index in [1.165, 1.54) is 18.0 Å². The summed E-state index contributed by atoms with van der Waals surface area (Å²) in [6.07, 6.45) is 1.54. The van der Waals surface area contributed by atoms with Gasteiger partial charge in [-0.3, -0.25) is 4.79 Å². The van der Waals surface area contributed by atoms with Crippen molar-refractivity contribution in [2.45, 2.75) is 16.5 Å². The molecule has 7 heteroatoms. The molecule has 1 heterocycles. The number of nitrogens with one attached hydrogen (secondary N) is 1. The summed E-state index contributed by atoms with van der Waals surface area (Å²) in [5, 5.41) is 4.26. The summed E-state index contributed by atoms with van der Waals surface area (Å²) in [4.78, 5) is 16.7. The molecule has 0 radical (unpaired) electrons. The summed E-state index contributed by atoms with van der Waals surface area (Å²) >= 11 is 9.04. The summed E-state index contributed by atoms with van der Waals surface area (Å²) in [6.45, 7) is 1.83. The molecule has 0 unspecified atom stereocenters.